The molecule has 0 aliphatic rings. The van der Waals surface area contributed by atoms with Crippen LogP contribution in [-0.4, -0.2) is 31.6 Å². The number of allylic oxidation sites excluding steroid dienone is 1. The third-order valence-electron chi connectivity index (χ3n) is 4.88. The highest BCUT2D eigenvalue weighted by Gasteiger charge is 2.26. The third kappa shape index (κ3) is 4.99. The second-order valence-corrected chi connectivity index (χ2v) is 7.63. The minimum Gasteiger partial charge on any atom is -0.493 e. The van der Waals surface area contributed by atoms with Crippen molar-refractivity contribution in [1.29, 1.82) is 0 Å². The first-order valence-electron chi connectivity index (χ1n) is 10.1. The first kappa shape index (κ1) is 22.8. The second-order valence-electron chi connectivity index (χ2n) is 7.02. The van der Waals surface area contributed by atoms with Crippen LogP contribution in [0.5, 0.6) is 17.4 Å². The van der Waals surface area contributed by atoms with Gasteiger partial charge in [-0.3, -0.25) is 10.1 Å². The van der Waals surface area contributed by atoms with Crippen LogP contribution in [0.2, 0.25) is 0 Å². The molecule has 4 aromatic rings. The lowest BCUT2D eigenvalue weighted by molar-refractivity contribution is -0.385. The van der Waals surface area contributed by atoms with Gasteiger partial charge in [0.2, 0.25) is 5.82 Å². The molecule has 4 rings (SSSR count). The summed E-state index contributed by atoms with van der Waals surface area (Å²) < 4.78 is 15.2. The average molecular weight is 477 g/mol. The summed E-state index contributed by atoms with van der Waals surface area (Å²) in [4.78, 5) is 19.4. The fourth-order valence-corrected chi connectivity index (χ4v) is 3.72. The summed E-state index contributed by atoms with van der Waals surface area (Å²) >= 11 is 1.28. The maximum Gasteiger partial charge on any atom is 0.373 e. The highest BCUT2D eigenvalue weighted by molar-refractivity contribution is 7.03. The van der Waals surface area contributed by atoms with Gasteiger partial charge in [-0.25, -0.2) is 4.98 Å². The van der Waals surface area contributed by atoms with Crippen molar-refractivity contribution in [3.63, 3.8) is 0 Å². The van der Waals surface area contributed by atoms with Gasteiger partial charge in [-0.1, -0.05) is 47.0 Å². The molecule has 11 heteroatoms. The molecule has 2 aromatic carbocycles. The summed E-state index contributed by atoms with van der Waals surface area (Å²) in [7, 11) is 1.50. The molecule has 2 heterocycles. The van der Waals surface area contributed by atoms with Crippen LogP contribution in [0, 0.1) is 10.1 Å². The van der Waals surface area contributed by atoms with Crippen molar-refractivity contribution in [2.45, 2.75) is 13.0 Å². The molecule has 0 saturated carbocycles. The molecular weight excluding hydrogens is 456 g/mol. The molecule has 0 atom stereocenters. The highest BCUT2D eigenvalue weighted by Crippen LogP contribution is 2.40. The monoisotopic (exact) mass is 476 g/mol. The summed E-state index contributed by atoms with van der Waals surface area (Å²) in [5.74, 6) is 0.619. The molecule has 0 spiro atoms. The Morgan fingerprint density at radius 3 is 2.71 bits per heavy atom. The normalized spacial score (nSPS) is 10.5. The molecule has 2 aromatic heterocycles. The largest absolute Gasteiger partial charge is 0.493 e. The average Bonchev–Trinajstić information content (AvgIpc) is 3.39. The second kappa shape index (κ2) is 10.5. The van der Waals surface area contributed by atoms with E-state index in [0.29, 0.717) is 24.5 Å². The van der Waals surface area contributed by atoms with E-state index in [1.165, 1.54) is 25.0 Å². The van der Waals surface area contributed by atoms with E-state index in [2.05, 4.69) is 31.5 Å². The van der Waals surface area contributed by atoms with E-state index in [-0.39, 0.29) is 17.4 Å². The Morgan fingerprint density at radius 1 is 1.21 bits per heavy atom. The van der Waals surface area contributed by atoms with Crippen molar-refractivity contribution in [1.82, 2.24) is 19.6 Å². The molecule has 0 unspecified atom stereocenters. The topological polar surface area (TPSA) is 125 Å². The number of benzene rings is 2. The standard InChI is InChI=1S/C23H20N6O4S/c1-3-5-17-6-4-7-19(32-2)21(17)33-23-20(29(30)31)22(25-14-26-23)24-12-15-8-10-16(11-9-15)18-13-34-28-27-18/h3-4,6-11,13-14H,1,5,12H2,2H3,(H,24,25,26). The summed E-state index contributed by atoms with van der Waals surface area (Å²) in [5, 5.41) is 20.9. The summed E-state index contributed by atoms with van der Waals surface area (Å²) in [6.07, 6.45) is 3.41. The molecule has 0 amide bonds. The lowest BCUT2D eigenvalue weighted by Crippen LogP contribution is -2.07. The van der Waals surface area contributed by atoms with Gasteiger partial charge in [0.05, 0.1) is 12.0 Å². The van der Waals surface area contributed by atoms with Gasteiger partial charge in [0.25, 0.3) is 0 Å². The van der Waals surface area contributed by atoms with Crippen LogP contribution >= 0.6 is 11.5 Å². The van der Waals surface area contributed by atoms with Crippen molar-refractivity contribution in [2.75, 3.05) is 12.4 Å². The predicted octanol–water partition coefficient (Wildman–Crippen LogP) is 5.04. The Kier molecular flexibility index (Phi) is 7.04. The van der Waals surface area contributed by atoms with E-state index in [0.717, 1.165) is 22.4 Å². The van der Waals surface area contributed by atoms with Crippen LogP contribution in [0.3, 0.4) is 0 Å². The van der Waals surface area contributed by atoms with Crippen molar-refractivity contribution < 1.29 is 14.4 Å². The van der Waals surface area contributed by atoms with Crippen molar-refractivity contribution in [3.8, 4) is 28.6 Å². The molecule has 0 aliphatic carbocycles. The minimum absolute atomic E-state index is 0.0444. The van der Waals surface area contributed by atoms with Crippen molar-refractivity contribution >= 4 is 23.0 Å². The number of hydrogen-bond acceptors (Lipinski definition) is 10. The first-order valence-corrected chi connectivity index (χ1v) is 11.0. The van der Waals surface area contributed by atoms with Gasteiger partial charge >= 0.3 is 11.6 Å². The molecule has 1 N–H and O–H groups in total. The molecule has 0 aliphatic heterocycles. The van der Waals surface area contributed by atoms with E-state index in [4.69, 9.17) is 9.47 Å². The van der Waals surface area contributed by atoms with Gasteiger partial charge in [0.1, 0.15) is 12.0 Å². The number of anilines is 1. The zero-order chi connectivity index (χ0) is 23.9. The smallest absolute Gasteiger partial charge is 0.373 e. The number of nitro groups is 1. The number of hydrogen-bond donors (Lipinski definition) is 1. The first-order chi connectivity index (χ1) is 16.6. The number of methoxy groups -OCH3 is 1. The molecule has 0 saturated heterocycles. The minimum atomic E-state index is -0.571. The molecule has 0 fully saturated rings. The third-order valence-corrected chi connectivity index (χ3v) is 5.39. The van der Waals surface area contributed by atoms with Crippen LogP contribution in [0.4, 0.5) is 11.5 Å². The number of aromatic nitrogens is 4. The predicted molar refractivity (Wildman–Crippen MR) is 128 cm³/mol. The van der Waals surface area contributed by atoms with Crippen molar-refractivity contribution in [3.05, 3.63) is 88.1 Å². The fourth-order valence-electron chi connectivity index (χ4n) is 3.25. The number of para-hydroxylation sites is 1. The SMILES string of the molecule is C=CCc1cccc(OC)c1Oc1ncnc(NCc2ccc(-c3csnn3)cc2)c1[N+](=O)[O-]. The van der Waals surface area contributed by atoms with Gasteiger partial charge in [0, 0.05) is 23.1 Å². The van der Waals surface area contributed by atoms with E-state index in [1.54, 1.807) is 12.1 Å². The van der Waals surface area contributed by atoms with Gasteiger partial charge in [-0.15, -0.1) is 11.7 Å². The van der Waals surface area contributed by atoms with Gasteiger partial charge in [0.15, 0.2) is 11.5 Å². The Hall–Kier alpha value is -4.38. The van der Waals surface area contributed by atoms with Crippen molar-refractivity contribution in [2.24, 2.45) is 0 Å². The quantitative estimate of drug-likeness (QED) is 0.190. The van der Waals surface area contributed by atoms with Gasteiger partial charge in [-0.05, 0) is 29.6 Å². The lowest BCUT2D eigenvalue weighted by Gasteiger charge is -2.14. The van der Waals surface area contributed by atoms with Crippen LogP contribution < -0.4 is 14.8 Å². The van der Waals surface area contributed by atoms with E-state index in [9.17, 15) is 10.1 Å². The molecule has 172 valence electrons. The summed E-state index contributed by atoms with van der Waals surface area (Å²) in [5.41, 5.74) is 3.02. The molecule has 34 heavy (non-hydrogen) atoms. The van der Waals surface area contributed by atoms with Crippen LogP contribution in [0.15, 0.2) is 66.8 Å². The zero-order valence-corrected chi connectivity index (χ0v) is 19.0. The number of ether oxygens (including phenoxy) is 2. The Morgan fingerprint density at radius 2 is 2.03 bits per heavy atom. The summed E-state index contributed by atoms with van der Waals surface area (Å²) in [6.45, 7) is 4.05. The molecular formula is C23H20N6O4S. The van der Waals surface area contributed by atoms with Crippen LogP contribution in [0.25, 0.3) is 11.3 Å². The van der Waals surface area contributed by atoms with E-state index >= 15 is 0 Å². The lowest BCUT2D eigenvalue weighted by atomic mass is 10.1. The van der Waals surface area contributed by atoms with E-state index < -0.39 is 4.92 Å². The fraction of sp³-hybridized carbons (Fsp3) is 0.130. The van der Waals surface area contributed by atoms with Crippen LogP contribution in [0.1, 0.15) is 11.1 Å². The molecule has 10 nitrogen and oxygen atoms in total. The maximum absolute atomic E-state index is 11.9. The van der Waals surface area contributed by atoms with Gasteiger partial charge < -0.3 is 14.8 Å². The Labute approximate surface area is 199 Å². The molecule has 0 radical (unpaired) electrons. The number of nitrogens with one attached hydrogen (secondary N) is 1. The highest BCUT2D eigenvalue weighted by atomic mass is 32.1. The Balaban J connectivity index is 1.59. The number of rotatable bonds is 10. The van der Waals surface area contributed by atoms with Crippen LogP contribution in [-0.2, 0) is 13.0 Å². The molecule has 0 bridgehead atoms. The number of nitrogens with zero attached hydrogens (tertiary/aromatic N) is 5. The van der Waals surface area contributed by atoms with Gasteiger partial charge in [-0.2, -0.15) is 4.98 Å². The van der Waals surface area contributed by atoms with E-state index in [1.807, 2.05) is 41.8 Å². The summed E-state index contributed by atoms with van der Waals surface area (Å²) in [6, 6.07) is 13.0. The maximum atomic E-state index is 11.9. The Bertz CT molecular complexity index is 1300. The zero-order valence-electron chi connectivity index (χ0n) is 18.2.